The molecule has 0 saturated heterocycles. The number of rotatable bonds is 8. The first-order valence-corrected chi connectivity index (χ1v) is 10.2. The summed E-state index contributed by atoms with van der Waals surface area (Å²) in [5.41, 5.74) is -0.156. The third kappa shape index (κ3) is 6.81. The normalized spacial score (nSPS) is 12.3. The van der Waals surface area contributed by atoms with E-state index in [4.69, 9.17) is 0 Å². The molecular weight excluding hydrogens is 401 g/mol. The number of anilines is 1. The third-order valence-corrected chi connectivity index (χ3v) is 5.43. The van der Waals surface area contributed by atoms with Crippen LogP contribution in [0.1, 0.15) is 25.0 Å². The summed E-state index contributed by atoms with van der Waals surface area (Å²) < 4.78 is 39.2. The number of benzene rings is 2. The quantitative estimate of drug-likeness (QED) is 0.661. The molecule has 0 fully saturated rings. The molecule has 4 nitrogen and oxygen atoms in total. The van der Waals surface area contributed by atoms with Crippen molar-refractivity contribution >= 4 is 29.3 Å². The molecule has 0 aliphatic rings. The molecule has 0 bridgehead atoms. The second-order valence-electron chi connectivity index (χ2n) is 6.38. The van der Waals surface area contributed by atoms with E-state index in [1.165, 1.54) is 34.9 Å². The van der Waals surface area contributed by atoms with E-state index in [9.17, 15) is 22.8 Å². The largest absolute Gasteiger partial charge is 0.418 e. The standard InChI is InChI=1S/C21H23F3N2O2S/c1-3-26(20(28)15(2)29-14-16-9-5-4-6-10-16)13-19(27)25-18-12-8-7-11-17(18)21(22,23)24/h4-12,15H,3,13-14H2,1-2H3,(H,25,27)/t15-/m1/s1. The van der Waals surface area contributed by atoms with Crippen LogP contribution in [0, 0.1) is 0 Å². The van der Waals surface area contributed by atoms with E-state index in [1.54, 1.807) is 13.8 Å². The van der Waals surface area contributed by atoms with Gasteiger partial charge in [0.2, 0.25) is 11.8 Å². The molecule has 29 heavy (non-hydrogen) atoms. The summed E-state index contributed by atoms with van der Waals surface area (Å²) in [4.78, 5) is 26.3. The molecule has 2 rings (SSSR count). The Labute approximate surface area is 172 Å². The maximum absolute atomic E-state index is 13.1. The summed E-state index contributed by atoms with van der Waals surface area (Å²) in [6.45, 7) is 3.46. The topological polar surface area (TPSA) is 49.4 Å². The summed E-state index contributed by atoms with van der Waals surface area (Å²) in [6, 6.07) is 14.4. The number of amides is 2. The molecule has 0 aromatic heterocycles. The van der Waals surface area contributed by atoms with E-state index >= 15 is 0 Å². The van der Waals surface area contributed by atoms with Gasteiger partial charge in [-0.3, -0.25) is 9.59 Å². The zero-order chi connectivity index (χ0) is 21.4. The lowest BCUT2D eigenvalue weighted by Crippen LogP contribution is -2.41. The first-order valence-electron chi connectivity index (χ1n) is 9.12. The number of thioether (sulfide) groups is 1. The smallest absolute Gasteiger partial charge is 0.333 e. The van der Waals surface area contributed by atoms with Crippen molar-refractivity contribution in [3.8, 4) is 0 Å². The Hall–Kier alpha value is -2.48. The Bertz CT molecular complexity index is 828. The van der Waals surface area contributed by atoms with E-state index in [0.717, 1.165) is 11.6 Å². The highest BCUT2D eigenvalue weighted by molar-refractivity contribution is 7.99. The van der Waals surface area contributed by atoms with E-state index in [-0.39, 0.29) is 29.9 Å². The van der Waals surface area contributed by atoms with Gasteiger partial charge >= 0.3 is 6.18 Å². The molecule has 8 heteroatoms. The molecule has 2 aromatic rings. The average Bonchev–Trinajstić information content (AvgIpc) is 2.70. The number of halogens is 3. The summed E-state index contributed by atoms with van der Waals surface area (Å²) in [6.07, 6.45) is -4.58. The van der Waals surface area contributed by atoms with Crippen LogP contribution in [0.4, 0.5) is 18.9 Å². The van der Waals surface area contributed by atoms with Gasteiger partial charge in [-0.25, -0.2) is 0 Å². The van der Waals surface area contributed by atoms with Crippen molar-refractivity contribution in [1.82, 2.24) is 4.90 Å². The number of nitrogens with zero attached hydrogens (tertiary/aromatic N) is 1. The van der Waals surface area contributed by atoms with E-state index < -0.39 is 17.6 Å². The van der Waals surface area contributed by atoms with Crippen molar-refractivity contribution < 1.29 is 22.8 Å². The van der Waals surface area contributed by atoms with Gasteiger partial charge in [0.05, 0.1) is 23.0 Å². The van der Waals surface area contributed by atoms with Crippen molar-refractivity contribution in [2.45, 2.75) is 31.0 Å². The maximum Gasteiger partial charge on any atom is 0.418 e. The van der Waals surface area contributed by atoms with Crippen molar-refractivity contribution in [2.24, 2.45) is 0 Å². The molecule has 0 heterocycles. The van der Waals surface area contributed by atoms with Gasteiger partial charge in [-0.05, 0) is 31.5 Å². The molecular formula is C21H23F3N2O2S. The van der Waals surface area contributed by atoms with Gasteiger partial charge in [-0.2, -0.15) is 13.2 Å². The molecule has 0 spiro atoms. The van der Waals surface area contributed by atoms with Crippen LogP contribution in [0.5, 0.6) is 0 Å². The van der Waals surface area contributed by atoms with Gasteiger partial charge < -0.3 is 10.2 Å². The predicted molar refractivity (Wildman–Crippen MR) is 110 cm³/mol. The minimum absolute atomic E-state index is 0.229. The highest BCUT2D eigenvalue weighted by atomic mass is 32.2. The van der Waals surface area contributed by atoms with E-state index in [0.29, 0.717) is 5.75 Å². The lowest BCUT2D eigenvalue weighted by atomic mass is 10.1. The number of carbonyl (C=O) groups excluding carboxylic acids is 2. The third-order valence-electron chi connectivity index (χ3n) is 4.23. The summed E-state index contributed by atoms with van der Waals surface area (Å²) in [5, 5.41) is 1.89. The number of hydrogen-bond donors (Lipinski definition) is 1. The molecule has 1 atom stereocenters. The monoisotopic (exact) mass is 424 g/mol. The molecule has 0 aliphatic heterocycles. The Kier molecular flexibility index (Phi) is 8.13. The number of para-hydroxylation sites is 1. The molecule has 2 aromatic carbocycles. The first-order chi connectivity index (χ1) is 13.7. The van der Waals surface area contributed by atoms with Crippen LogP contribution in [-0.2, 0) is 21.5 Å². The van der Waals surface area contributed by atoms with Crippen LogP contribution < -0.4 is 5.32 Å². The second-order valence-corrected chi connectivity index (χ2v) is 7.71. The van der Waals surface area contributed by atoms with Crippen molar-refractivity contribution in [3.05, 3.63) is 65.7 Å². The number of alkyl halides is 3. The van der Waals surface area contributed by atoms with Gasteiger partial charge in [0, 0.05) is 12.3 Å². The number of carbonyl (C=O) groups is 2. The summed E-state index contributed by atoms with van der Waals surface area (Å²) >= 11 is 1.45. The highest BCUT2D eigenvalue weighted by Crippen LogP contribution is 2.34. The fourth-order valence-electron chi connectivity index (χ4n) is 2.67. The molecule has 0 radical (unpaired) electrons. The fraction of sp³-hybridized carbons (Fsp3) is 0.333. The Morgan fingerprint density at radius 3 is 2.31 bits per heavy atom. The van der Waals surface area contributed by atoms with Crippen molar-refractivity contribution in [1.29, 1.82) is 0 Å². The minimum atomic E-state index is -4.58. The van der Waals surface area contributed by atoms with E-state index in [2.05, 4.69) is 5.32 Å². The zero-order valence-corrected chi connectivity index (χ0v) is 17.0. The average molecular weight is 424 g/mol. The Morgan fingerprint density at radius 2 is 1.69 bits per heavy atom. The van der Waals surface area contributed by atoms with Crippen LogP contribution in [0.15, 0.2) is 54.6 Å². The van der Waals surface area contributed by atoms with Crippen LogP contribution in [-0.4, -0.2) is 35.1 Å². The Balaban J connectivity index is 1.96. The van der Waals surface area contributed by atoms with Gasteiger partial charge in [0.1, 0.15) is 0 Å². The van der Waals surface area contributed by atoms with Gasteiger partial charge in [-0.15, -0.1) is 11.8 Å². The first kappa shape index (κ1) is 22.8. The van der Waals surface area contributed by atoms with Crippen LogP contribution >= 0.6 is 11.8 Å². The lowest BCUT2D eigenvalue weighted by Gasteiger charge is -2.24. The molecule has 1 N–H and O–H groups in total. The van der Waals surface area contributed by atoms with Gasteiger partial charge in [0.15, 0.2) is 0 Å². The molecule has 0 unspecified atom stereocenters. The van der Waals surface area contributed by atoms with Crippen LogP contribution in [0.2, 0.25) is 0 Å². The molecule has 156 valence electrons. The number of hydrogen-bond acceptors (Lipinski definition) is 3. The Morgan fingerprint density at radius 1 is 1.07 bits per heavy atom. The van der Waals surface area contributed by atoms with Crippen molar-refractivity contribution in [3.63, 3.8) is 0 Å². The van der Waals surface area contributed by atoms with E-state index in [1.807, 2.05) is 30.3 Å². The summed E-state index contributed by atoms with van der Waals surface area (Å²) in [7, 11) is 0. The highest BCUT2D eigenvalue weighted by Gasteiger charge is 2.33. The van der Waals surface area contributed by atoms with Crippen LogP contribution in [0.25, 0.3) is 0 Å². The molecule has 0 saturated carbocycles. The summed E-state index contributed by atoms with van der Waals surface area (Å²) in [5.74, 6) is -0.249. The molecule has 0 aliphatic carbocycles. The SMILES string of the molecule is CCN(CC(=O)Nc1ccccc1C(F)(F)F)C(=O)[C@@H](C)SCc1ccccc1. The maximum atomic E-state index is 13.1. The number of likely N-dealkylation sites (N-methyl/N-ethyl adjacent to an activating group) is 1. The number of nitrogens with one attached hydrogen (secondary N) is 1. The minimum Gasteiger partial charge on any atom is -0.333 e. The zero-order valence-electron chi connectivity index (χ0n) is 16.2. The molecule has 2 amide bonds. The van der Waals surface area contributed by atoms with Gasteiger partial charge in [-0.1, -0.05) is 42.5 Å². The second kappa shape index (κ2) is 10.3. The van der Waals surface area contributed by atoms with Crippen molar-refractivity contribution in [2.75, 3.05) is 18.4 Å². The predicted octanol–water partition coefficient (Wildman–Crippen LogP) is 4.81. The van der Waals surface area contributed by atoms with Gasteiger partial charge in [0.25, 0.3) is 0 Å². The fourth-order valence-corrected chi connectivity index (χ4v) is 3.60. The lowest BCUT2D eigenvalue weighted by molar-refractivity contribution is -0.137. The van der Waals surface area contributed by atoms with Crippen LogP contribution in [0.3, 0.4) is 0 Å².